The third-order valence-electron chi connectivity index (χ3n) is 8.43. The summed E-state index contributed by atoms with van der Waals surface area (Å²) in [5.74, 6) is 0.0160. The summed E-state index contributed by atoms with van der Waals surface area (Å²) in [6.07, 6.45) is 3.13. The van der Waals surface area contributed by atoms with Crippen molar-refractivity contribution in [2.75, 3.05) is 20.2 Å². The highest BCUT2D eigenvalue weighted by Gasteiger charge is 2.33. The quantitative estimate of drug-likeness (QED) is 0.146. The first-order valence-electron chi connectivity index (χ1n) is 16.1. The van der Waals surface area contributed by atoms with Gasteiger partial charge in [0.15, 0.2) is 0 Å². The molecule has 0 radical (unpaired) electrons. The summed E-state index contributed by atoms with van der Waals surface area (Å²) in [5.41, 5.74) is 2.73. The molecule has 0 aliphatic heterocycles. The van der Waals surface area contributed by atoms with Crippen LogP contribution in [0.25, 0.3) is 0 Å². The molecular weight excluding hydrogens is 586 g/mol. The molecule has 0 saturated carbocycles. The van der Waals surface area contributed by atoms with Crippen LogP contribution in [-0.4, -0.2) is 67.2 Å². The van der Waals surface area contributed by atoms with Crippen molar-refractivity contribution in [1.29, 1.82) is 0 Å². The van der Waals surface area contributed by atoms with Crippen LogP contribution in [0.1, 0.15) is 75.5 Å². The minimum atomic E-state index is -3.87. The largest absolute Gasteiger partial charge is 0.395 e. The Balaban J connectivity index is 1.72. The number of nitrogens with zero attached hydrogens (tertiary/aromatic N) is 1. The molecule has 8 nitrogen and oxygen atoms in total. The van der Waals surface area contributed by atoms with Crippen LogP contribution in [0.2, 0.25) is 0 Å². The first-order chi connectivity index (χ1) is 21.7. The van der Waals surface area contributed by atoms with Crippen LogP contribution in [0.4, 0.5) is 0 Å². The number of carbonyl (C=O) groups excluding carboxylic acids is 1. The molecule has 4 N–H and O–H groups in total. The Hall–Kier alpha value is -3.08. The second kappa shape index (κ2) is 18.2. The maximum absolute atomic E-state index is 13.8. The number of hydrogen-bond acceptors (Lipinski definition) is 6. The van der Waals surface area contributed by atoms with E-state index in [1.165, 1.54) is 16.4 Å². The summed E-state index contributed by atoms with van der Waals surface area (Å²) in [6, 6.07) is 25.1. The lowest BCUT2D eigenvalue weighted by atomic mass is 9.84. The zero-order valence-electron chi connectivity index (χ0n) is 27.1. The van der Waals surface area contributed by atoms with Gasteiger partial charge in [-0.15, -0.1) is 0 Å². The number of benzene rings is 3. The van der Waals surface area contributed by atoms with E-state index >= 15 is 0 Å². The fourth-order valence-corrected chi connectivity index (χ4v) is 7.39. The third kappa shape index (κ3) is 10.2. The van der Waals surface area contributed by atoms with Crippen molar-refractivity contribution >= 4 is 15.9 Å². The minimum absolute atomic E-state index is 0.0896. The number of sulfonamides is 1. The van der Waals surface area contributed by atoms with Gasteiger partial charge >= 0.3 is 0 Å². The Kier molecular flexibility index (Phi) is 14.7. The molecular formula is C36H51N3O5S. The number of aliphatic hydroxyl groups excluding tert-OH is 2. The van der Waals surface area contributed by atoms with Crippen molar-refractivity contribution in [3.63, 3.8) is 0 Å². The number of rotatable bonds is 19. The average Bonchev–Trinajstić information content (AvgIpc) is 3.06. The number of likely N-dealkylation sites (N-methyl/N-ethyl adjacent to an activating group) is 1. The highest BCUT2D eigenvalue weighted by atomic mass is 32.2. The second-order valence-corrected chi connectivity index (χ2v) is 13.9. The molecule has 3 aromatic rings. The Morgan fingerprint density at radius 2 is 1.42 bits per heavy atom. The van der Waals surface area contributed by atoms with Crippen molar-refractivity contribution in [3.05, 3.63) is 102 Å². The first kappa shape index (κ1) is 36.4. The van der Waals surface area contributed by atoms with E-state index in [0.29, 0.717) is 37.8 Å². The van der Waals surface area contributed by atoms with Crippen molar-refractivity contribution in [2.45, 2.75) is 88.4 Å². The van der Waals surface area contributed by atoms with Crippen molar-refractivity contribution in [3.8, 4) is 0 Å². The number of nitrogens with one attached hydrogen (secondary N) is 2. The molecule has 1 amide bonds. The first-order valence-corrected chi connectivity index (χ1v) is 17.5. The number of carbonyl (C=O) groups is 1. The summed E-state index contributed by atoms with van der Waals surface area (Å²) in [5, 5.41) is 26.3. The Bertz CT molecular complexity index is 1350. The van der Waals surface area contributed by atoms with Gasteiger partial charge in [0.25, 0.3) is 0 Å². The van der Waals surface area contributed by atoms with E-state index in [1.807, 2.05) is 81.4 Å². The zero-order valence-corrected chi connectivity index (χ0v) is 27.9. The molecule has 0 aliphatic carbocycles. The summed E-state index contributed by atoms with van der Waals surface area (Å²) >= 11 is 0. The van der Waals surface area contributed by atoms with E-state index in [9.17, 15) is 23.4 Å². The minimum Gasteiger partial charge on any atom is -0.395 e. The molecule has 0 saturated heterocycles. The van der Waals surface area contributed by atoms with Crippen molar-refractivity contribution < 1.29 is 23.4 Å². The molecule has 3 rings (SSSR count). The van der Waals surface area contributed by atoms with E-state index in [-0.39, 0.29) is 41.9 Å². The van der Waals surface area contributed by atoms with E-state index < -0.39 is 22.1 Å². The van der Waals surface area contributed by atoms with Gasteiger partial charge in [-0.1, -0.05) is 93.6 Å². The molecule has 0 bridgehead atoms. The van der Waals surface area contributed by atoms with Crippen LogP contribution >= 0.6 is 0 Å². The van der Waals surface area contributed by atoms with Gasteiger partial charge in [0.2, 0.25) is 15.9 Å². The fraction of sp³-hybridized carbons (Fsp3) is 0.472. The normalized spacial score (nSPS) is 14.1. The molecule has 246 valence electrons. The fourth-order valence-electron chi connectivity index (χ4n) is 5.73. The second-order valence-electron chi connectivity index (χ2n) is 12.0. The highest BCUT2D eigenvalue weighted by molar-refractivity contribution is 7.89. The van der Waals surface area contributed by atoms with Crippen molar-refractivity contribution in [1.82, 2.24) is 14.9 Å². The summed E-state index contributed by atoms with van der Waals surface area (Å²) < 4.78 is 28.9. The van der Waals surface area contributed by atoms with Gasteiger partial charge in [0.05, 0.1) is 24.2 Å². The Labute approximate surface area is 269 Å². The van der Waals surface area contributed by atoms with E-state index in [1.54, 1.807) is 19.2 Å². The van der Waals surface area contributed by atoms with Crippen LogP contribution in [0, 0.1) is 5.92 Å². The molecule has 0 fully saturated rings. The zero-order chi connectivity index (χ0) is 32.8. The van der Waals surface area contributed by atoms with E-state index in [0.717, 1.165) is 17.5 Å². The SMILES string of the molecule is CC[C@@H](CCC[C@@H](CO)N(CCC(C)C)S(=O)(=O)c1ccc(CO)cc1)NC(=O)[C@@H](NC)C(c1ccccc1)c1ccccc1. The molecule has 0 spiro atoms. The molecule has 0 aromatic heterocycles. The summed E-state index contributed by atoms with van der Waals surface area (Å²) in [7, 11) is -2.07. The van der Waals surface area contributed by atoms with Gasteiger partial charge in [-0.05, 0) is 73.9 Å². The predicted molar refractivity (Wildman–Crippen MR) is 180 cm³/mol. The Morgan fingerprint density at radius 1 is 0.844 bits per heavy atom. The molecule has 3 atom stereocenters. The monoisotopic (exact) mass is 637 g/mol. The van der Waals surface area contributed by atoms with Gasteiger partial charge < -0.3 is 20.8 Å². The predicted octanol–water partition coefficient (Wildman–Crippen LogP) is 5.06. The van der Waals surface area contributed by atoms with Crippen molar-refractivity contribution in [2.24, 2.45) is 5.92 Å². The van der Waals surface area contributed by atoms with Crippen LogP contribution in [0.15, 0.2) is 89.8 Å². The molecule has 9 heteroatoms. The number of amides is 1. The lowest BCUT2D eigenvalue weighted by Crippen LogP contribution is -2.50. The number of aliphatic hydroxyl groups is 2. The molecule has 0 heterocycles. The third-order valence-corrected chi connectivity index (χ3v) is 10.4. The molecule has 0 aliphatic rings. The maximum atomic E-state index is 13.8. The molecule has 3 aromatic carbocycles. The van der Waals surface area contributed by atoms with Gasteiger partial charge in [0.1, 0.15) is 0 Å². The topological polar surface area (TPSA) is 119 Å². The van der Waals surface area contributed by atoms with Gasteiger partial charge in [0, 0.05) is 24.5 Å². The summed E-state index contributed by atoms with van der Waals surface area (Å²) in [6.45, 7) is 5.95. The van der Waals surface area contributed by atoms with Crippen LogP contribution < -0.4 is 10.6 Å². The number of hydrogen-bond donors (Lipinski definition) is 4. The average molecular weight is 638 g/mol. The van der Waals surface area contributed by atoms with Gasteiger partial charge in [-0.3, -0.25) is 4.79 Å². The lowest BCUT2D eigenvalue weighted by molar-refractivity contribution is -0.124. The van der Waals surface area contributed by atoms with E-state index in [4.69, 9.17) is 0 Å². The highest BCUT2D eigenvalue weighted by Crippen LogP contribution is 2.29. The smallest absolute Gasteiger partial charge is 0.243 e. The maximum Gasteiger partial charge on any atom is 0.243 e. The molecule has 45 heavy (non-hydrogen) atoms. The van der Waals surface area contributed by atoms with Crippen LogP contribution in [0.3, 0.4) is 0 Å². The van der Waals surface area contributed by atoms with Crippen LogP contribution in [0.5, 0.6) is 0 Å². The summed E-state index contributed by atoms with van der Waals surface area (Å²) in [4.78, 5) is 13.9. The lowest BCUT2D eigenvalue weighted by Gasteiger charge is -2.31. The molecule has 0 unspecified atom stereocenters. The van der Waals surface area contributed by atoms with Gasteiger partial charge in [-0.25, -0.2) is 8.42 Å². The Morgan fingerprint density at radius 3 is 1.89 bits per heavy atom. The van der Waals surface area contributed by atoms with Gasteiger partial charge in [-0.2, -0.15) is 4.31 Å². The van der Waals surface area contributed by atoms with Crippen LogP contribution in [-0.2, 0) is 21.4 Å². The standard InChI is InChI=1S/C36H51N3O5S/c1-5-31(38-36(42)35(37-4)34(29-13-8-6-9-14-29)30-15-10-7-11-16-30)17-12-18-32(26-41)39(24-23-27(2)3)45(43,44)33-21-19-28(25-40)20-22-33/h6-11,13-16,19-22,27,31-32,34-35,37,40-41H,5,12,17-18,23-26H2,1-4H3,(H,38,42)/t31-,32-,35-/m0/s1. The van der Waals surface area contributed by atoms with E-state index in [2.05, 4.69) is 10.6 Å².